The Morgan fingerprint density at radius 3 is 2.28 bits per heavy atom. The molecular formula is C18H25N3O4. The molecule has 0 aromatic heterocycles. The molecule has 2 rings (SSSR count). The van der Waals surface area contributed by atoms with Gasteiger partial charge in [0.25, 0.3) is 0 Å². The molecule has 0 aliphatic heterocycles. The molecule has 3 amide bonds. The number of benzene rings is 1. The van der Waals surface area contributed by atoms with Crippen LogP contribution in [0.5, 0.6) is 0 Å². The van der Waals surface area contributed by atoms with Gasteiger partial charge in [0.05, 0.1) is 5.41 Å². The Hall–Kier alpha value is -2.57. The van der Waals surface area contributed by atoms with Crippen molar-refractivity contribution in [2.75, 3.05) is 6.54 Å². The Balaban J connectivity index is 1.83. The summed E-state index contributed by atoms with van der Waals surface area (Å²) in [7, 11) is 0. The van der Waals surface area contributed by atoms with E-state index < -0.39 is 23.5 Å². The number of carbonyl (C=O) groups excluding carboxylic acids is 2. The average molecular weight is 347 g/mol. The van der Waals surface area contributed by atoms with E-state index in [1.807, 2.05) is 44.2 Å². The van der Waals surface area contributed by atoms with Crippen LogP contribution < -0.4 is 16.0 Å². The third kappa shape index (κ3) is 5.20. The minimum atomic E-state index is -0.887. The summed E-state index contributed by atoms with van der Waals surface area (Å²) in [6.45, 7) is 4.11. The first-order valence-corrected chi connectivity index (χ1v) is 8.43. The fourth-order valence-corrected chi connectivity index (χ4v) is 2.49. The maximum absolute atomic E-state index is 12.3. The lowest BCUT2D eigenvalue weighted by molar-refractivity contribution is -0.143. The molecule has 0 heterocycles. The Morgan fingerprint density at radius 1 is 1.12 bits per heavy atom. The zero-order valence-corrected chi connectivity index (χ0v) is 14.5. The van der Waals surface area contributed by atoms with Crippen LogP contribution in [-0.2, 0) is 16.1 Å². The number of carbonyl (C=O) groups is 3. The second-order valence-electron chi connectivity index (χ2n) is 6.84. The van der Waals surface area contributed by atoms with E-state index in [9.17, 15) is 14.4 Å². The highest BCUT2D eigenvalue weighted by molar-refractivity contribution is 5.88. The van der Waals surface area contributed by atoms with Gasteiger partial charge in [0.1, 0.15) is 6.04 Å². The summed E-state index contributed by atoms with van der Waals surface area (Å²) in [6, 6.07) is 8.30. The first kappa shape index (κ1) is 18.8. The molecule has 4 N–H and O–H groups in total. The molecule has 1 aromatic rings. The molecule has 1 atom stereocenters. The predicted molar refractivity (Wildman–Crippen MR) is 92.8 cm³/mol. The Morgan fingerprint density at radius 2 is 1.76 bits per heavy atom. The van der Waals surface area contributed by atoms with Gasteiger partial charge in [-0.1, -0.05) is 44.2 Å². The van der Waals surface area contributed by atoms with Crippen molar-refractivity contribution in [2.45, 2.75) is 39.3 Å². The van der Waals surface area contributed by atoms with E-state index in [0.29, 0.717) is 19.4 Å². The average Bonchev–Trinajstić information content (AvgIpc) is 3.38. The molecule has 0 spiro atoms. The minimum absolute atomic E-state index is 0.0949. The minimum Gasteiger partial charge on any atom is -0.481 e. The number of hydrogen-bond donors (Lipinski definition) is 4. The monoisotopic (exact) mass is 347 g/mol. The highest BCUT2D eigenvalue weighted by atomic mass is 16.4. The molecule has 1 aliphatic carbocycles. The maximum Gasteiger partial charge on any atom is 0.315 e. The Bertz CT molecular complexity index is 626. The van der Waals surface area contributed by atoms with Crippen LogP contribution in [0.25, 0.3) is 0 Å². The van der Waals surface area contributed by atoms with Crippen molar-refractivity contribution in [3.05, 3.63) is 35.9 Å². The second kappa shape index (κ2) is 8.00. The van der Waals surface area contributed by atoms with Gasteiger partial charge in [0.2, 0.25) is 5.91 Å². The lowest BCUT2D eigenvalue weighted by Crippen LogP contribution is -2.53. The van der Waals surface area contributed by atoms with Gasteiger partial charge in [0.15, 0.2) is 0 Å². The first-order chi connectivity index (χ1) is 11.8. The standard InChI is InChI=1S/C18H25N3O4/c1-12(2)14(15(22)20-11-18(8-9-18)16(23)24)21-17(25)19-10-13-6-4-3-5-7-13/h3-7,12,14H,8-11H2,1-2H3,(H,20,22)(H,23,24)(H2,19,21,25). The number of carboxylic acid groups (broad SMARTS) is 1. The van der Waals surface area contributed by atoms with Crippen molar-refractivity contribution in [1.82, 2.24) is 16.0 Å². The quantitative estimate of drug-likeness (QED) is 0.571. The van der Waals surface area contributed by atoms with Crippen LogP contribution in [0.2, 0.25) is 0 Å². The normalized spacial score (nSPS) is 16.0. The summed E-state index contributed by atoms with van der Waals surface area (Å²) in [4.78, 5) is 35.6. The van der Waals surface area contributed by atoms with Crippen molar-refractivity contribution in [1.29, 1.82) is 0 Å². The lowest BCUT2D eigenvalue weighted by atomic mass is 10.0. The molecule has 1 aromatic carbocycles. The summed E-state index contributed by atoms with van der Waals surface area (Å²) in [5.74, 6) is -1.37. The van der Waals surface area contributed by atoms with Crippen LogP contribution in [0.3, 0.4) is 0 Å². The van der Waals surface area contributed by atoms with Gasteiger partial charge in [-0.2, -0.15) is 0 Å². The number of rotatable bonds is 8. The van der Waals surface area contributed by atoms with Crippen molar-refractivity contribution in [3.63, 3.8) is 0 Å². The summed E-state index contributed by atoms with van der Waals surface area (Å²) in [5, 5.41) is 17.2. The number of hydrogen-bond acceptors (Lipinski definition) is 3. The van der Waals surface area contributed by atoms with Gasteiger partial charge >= 0.3 is 12.0 Å². The van der Waals surface area contributed by atoms with E-state index in [-0.39, 0.29) is 18.4 Å². The van der Waals surface area contributed by atoms with Crippen molar-refractivity contribution >= 4 is 17.9 Å². The van der Waals surface area contributed by atoms with Gasteiger partial charge in [-0.3, -0.25) is 9.59 Å². The number of amides is 3. The largest absolute Gasteiger partial charge is 0.481 e. The van der Waals surface area contributed by atoms with Crippen molar-refractivity contribution < 1.29 is 19.5 Å². The summed E-state index contributed by atoms with van der Waals surface area (Å²) < 4.78 is 0. The molecule has 0 bridgehead atoms. The summed E-state index contributed by atoms with van der Waals surface area (Å²) in [5.41, 5.74) is 0.132. The van der Waals surface area contributed by atoms with Gasteiger partial charge in [-0.05, 0) is 24.3 Å². The van der Waals surface area contributed by atoms with Gasteiger partial charge < -0.3 is 21.1 Å². The van der Waals surface area contributed by atoms with Crippen molar-refractivity contribution in [3.8, 4) is 0 Å². The predicted octanol–water partition coefficient (Wildman–Crippen LogP) is 1.49. The maximum atomic E-state index is 12.3. The summed E-state index contributed by atoms with van der Waals surface area (Å²) in [6.07, 6.45) is 1.14. The van der Waals surface area contributed by atoms with E-state index >= 15 is 0 Å². The molecule has 0 saturated heterocycles. The molecule has 0 radical (unpaired) electrons. The fourth-order valence-electron chi connectivity index (χ4n) is 2.49. The van der Waals surface area contributed by atoms with Crippen LogP contribution in [0.1, 0.15) is 32.3 Å². The molecule has 7 nitrogen and oxygen atoms in total. The van der Waals surface area contributed by atoms with Crippen LogP contribution in [0.15, 0.2) is 30.3 Å². The van der Waals surface area contributed by atoms with Crippen LogP contribution in [0.4, 0.5) is 4.79 Å². The zero-order chi connectivity index (χ0) is 18.4. The van der Waals surface area contributed by atoms with E-state index in [2.05, 4.69) is 16.0 Å². The van der Waals surface area contributed by atoms with E-state index in [4.69, 9.17) is 5.11 Å². The van der Waals surface area contributed by atoms with Crippen molar-refractivity contribution in [2.24, 2.45) is 11.3 Å². The van der Waals surface area contributed by atoms with Crippen LogP contribution >= 0.6 is 0 Å². The zero-order valence-electron chi connectivity index (χ0n) is 14.5. The molecule has 136 valence electrons. The molecule has 1 fully saturated rings. The Kier molecular flexibility index (Phi) is 6.01. The smallest absolute Gasteiger partial charge is 0.315 e. The van der Waals surface area contributed by atoms with Gasteiger partial charge in [-0.25, -0.2) is 4.79 Å². The van der Waals surface area contributed by atoms with Gasteiger partial charge in [-0.15, -0.1) is 0 Å². The number of carboxylic acids is 1. The SMILES string of the molecule is CC(C)C(NC(=O)NCc1ccccc1)C(=O)NCC1(C(=O)O)CC1. The van der Waals surface area contributed by atoms with E-state index in [1.54, 1.807) is 0 Å². The van der Waals surface area contributed by atoms with Crippen LogP contribution in [-0.4, -0.2) is 35.6 Å². The fraction of sp³-hybridized carbons (Fsp3) is 0.500. The molecular weight excluding hydrogens is 322 g/mol. The molecule has 1 aliphatic rings. The third-order valence-corrected chi connectivity index (χ3v) is 4.44. The highest BCUT2D eigenvalue weighted by Crippen LogP contribution is 2.45. The summed E-state index contributed by atoms with van der Waals surface area (Å²) >= 11 is 0. The third-order valence-electron chi connectivity index (χ3n) is 4.44. The Labute approximate surface area is 147 Å². The highest BCUT2D eigenvalue weighted by Gasteiger charge is 2.50. The van der Waals surface area contributed by atoms with E-state index in [1.165, 1.54) is 0 Å². The number of nitrogens with one attached hydrogen (secondary N) is 3. The first-order valence-electron chi connectivity index (χ1n) is 8.43. The number of urea groups is 1. The van der Waals surface area contributed by atoms with E-state index in [0.717, 1.165) is 5.56 Å². The molecule has 25 heavy (non-hydrogen) atoms. The lowest BCUT2D eigenvalue weighted by Gasteiger charge is -2.23. The van der Waals surface area contributed by atoms with Crippen LogP contribution in [0, 0.1) is 11.3 Å². The second-order valence-corrected chi connectivity index (χ2v) is 6.84. The molecule has 1 saturated carbocycles. The number of aliphatic carboxylic acids is 1. The molecule has 1 unspecified atom stereocenters. The van der Waals surface area contributed by atoms with Gasteiger partial charge in [0, 0.05) is 13.1 Å². The molecule has 7 heteroatoms. The topological polar surface area (TPSA) is 108 Å².